The standard InChI is InChI=1S/C24H25FN4O3S/c25-19-8-10-20(11-9-19)27-14-16-28(17-15-27)24(30)21-6-3-13-29(21)33(31,32)22-7-1-4-18-5-2-12-26-23(18)22/h1-2,4-5,7-12,21H,3,6,13-17H2. The van der Waals surface area contributed by atoms with E-state index in [0.717, 1.165) is 11.1 Å². The fourth-order valence-electron chi connectivity index (χ4n) is 4.73. The number of pyridine rings is 1. The first-order valence-electron chi connectivity index (χ1n) is 11.1. The number of amides is 1. The summed E-state index contributed by atoms with van der Waals surface area (Å²) in [5.41, 5.74) is 1.34. The zero-order valence-electron chi connectivity index (χ0n) is 18.1. The normalized spacial score (nSPS) is 19.8. The van der Waals surface area contributed by atoms with Gasteiger partial charge in [0.25, 0.3) is 0 Å². The number of sulfonamides is 1. The van der Waals surface area contributed by atoms with Crippen LogP contribution in [0.2, 0.25) is 0 Å². The fraction of sp³-hybridized carbons (Fsp3) is 0.333. The second-order valence-electron chi connectivity index (χ2n) is 8.39. The molecule has 0 saturated carbocycles. The Hall–Kier alpha value is -3.04. The Morgan fingerprint density at radius 2 is 1.67 bits per heavy atom. The molecule has 0 bridgehead atoms. The molecule has 0 radical (unpaired) electrons. The van der Waals surface area contributed by atoms with Crippen LogP contribution in [0.25, 0.3) is 10.9 Å². The van der Waals surface area contributed by atoms with Gasteiger partial charge in [0.15, 0.2) is 0 Å². The molecule has 0 aliphatic carbocycles. The fourth-order valence-corrected chi connectivity index (χ4v) is 6.55. The van der Waals surface area contributed by atoms with Crippen molar-refractivity contribution in [3.8, 4) is 0 Å². The van der Waals surface area contributed by atoms with Crippen molar-refractivity contribution in [1.29, 1.82) is 0 Å². The molecule has 2 aliphatic heterocycles. The van der Waals surface area contributed by atoms with Gasteiger partial charge in [0.2, 0.25) is 15.9 Å². The van der Waals surface area contributed by atoms with E-state index in [1.54, 1.807) is 41.4 Å². The minimum absolute atomic E-state index is 0.140. The van der Waals surface area contributed by atoms with Gasteiger partial charge < -0.3 is 9.80 Å². The lowest BCUT2D eigenvalue weighted by atomic mass is 10.1. The average molecular weight is 469 g/mol. The number of halogens is 1. The summed E-state index contributed by atoms with van der Waals surface area (Å²) in [4.78, 5) is 21.7. The van der Waals surface area contributed by atoms with Crippen molar-refractivity contribution >= 4 is 32.5 Å². The minimum Gasteiger partial charge on any atom is -0.368 e. The van der Waals surface area contributed by atoms with Crippen LogP contribution in [0, 0.1) is 5.82 Å². The Kier molecular flexibility index (Phi) is 5.76. The van der Waals surface area contributed by atoms with Gasteiger partial charge in [0.1, 0.15) is 16.8 Å². The molecule has 172 valence electrons. The van der Waals surface area contributed by atoms with Gasteiger partial charge in [-0.1, -0.05) is 18.2 Å². The number of anilines is 1. The maximum Gasteiger partial charge on any atom is 0.245 e. The predicted molar refractivity (Wildman–Crippen MR) is 124 cm³/mol. The monoisotopic (exact) mass is 468 g/mol. The van der Waals surface area contributed by atoms with Crippen LogP contribution < -0.4 is 4.90 Å². The van der Waals surface area contributed by atoms with Crippen molar-refractivity contribution in [3.63, 3.8) is 0 Å². The molecule has 2 fully saturated rings. The molecular formula is C24H25FN4O3S. The number of hydrogen-bond acceptors (Lipinski definition) is 5. The van der Waals surface area contributed by atoms with Gasteiger partial charge in [-0.2, -0.15) is 4.31 Å². The molecule has 0 N–H and O–H groups in total. The summed E-state index contributed by atoms with van der Waals surface area (Å²) in [6.07, 6.45) is 2.73. The van der Waals surface area contributed by atoms with E-state index >= 15 is 0 Å². The van der Waals surface area contributed by atoms with Crippen molar-refractivity contribution < 1.29 is 17.6 Å². The number of hydrogen-bond donors (Lipinski definition) is 0. The van der Waals surface area contributed by atoms with Crippen molar-refractivity contribution in [2.75, 3.05) is 37.6 Å². The number of rotatable bonds is 4. The molecule has 9 heteroatoms. The Labute approximate surface area is 192 Å². The molecule has 2 saturated heterocycles. The lowest BCUT2D eigenvalue weighted by Crippen LogP contribution is -2.54. The van der Waals surface area contributed by atoms with Crippen molar-refractivity contribution in [1.82, 2.24) is 14.2 Å². The predicted octanol–water partition coefficient (Wildman–Crippen LogP) is 2.88. The number of carbonyl (C=O) groups is 1. The third kappa shape index (κ3) is 4.06. The first-order chi connectivity index (χ1) is 15.9. The highest BCUT2D eigenvalue weighted by molar-refractivity contribution is 7.89. The first-order valence-corrected chi connectivity index (χ1v) is 12.5. The zero-order valence-corrected chi connectivity index (χ0v) is 18.9. The summed E-state index contributed by atoms with van der Waals surface area (Å²) < 4.78 is 41.7. The van der Waals surface area contributed by atoms with Crippen molar-refractivity contribution in [2.24, 2.45) is 0 Å². The van der Waals surface area contributed by atoms with Gasteiger partial charge >= 0.3 is 0 Å². The number of aromatic nitrogens is 1. The van der Waals surface area contributed by atoms with E-state index in [1.165, 1.54) is 16.4 Å². The smallest absolute Gasteiger partial charge is 0.245 e. The minimum atomic E-state index is -3.88. The quantitative estimate of drug-likeness (QED) is 0.589. The molecule has 3 heterocycles. The Morgan fingerprint density at radius 1 is 0.939 bits per heavy atom. The van der Waals surface area contributed by atoms with Gasteiger partial charge in [0.05, 0.1) is 5.52 Å². The SMILES string of the molecule is O=C(C1CCCN1S(=O)(=O)c1cccc2cccnc12)N1CCN(c2ccc(F)cc2)CC1. The van der Waals surface area contributed by atoms with Crippen LogP contribution in [0.3, 0.4) is 0 Å². The van der Waals surface area contributed by atoms with E-state index in [2.05, 4.69) is 9.88 Å². The summed E-state index contributed by atoms with van der Waals surface area (Å²) in [6.45, 7) is 2.54. The Morgan fingerprint density at radius 3 is 2.42 bits per heavy atom. The third-order valence-electron chi connectivity index (χ3n) is 6.45. The summed E-state index contributed by atoms with van der Waals surface area (Å²) in [5.74, 6) is -0.431. The van der Waals surface area contributed by atoms with Crippen LogP contribution in [0.15, 0.2) is 65.7 Å². The third-order valence-corrected chi connectivity index (χ3v) is 8.39. The number of piperazine rings is 1. The Balaban J connectivity index is 1.33. The van der Waals surface area contributed by atoms with Gasteiger partial charge in [0, 0.05) is 50.0 Å². The van der Waals surface area contributed by atoms with E-state index in [9.17, 15) is 17.6 Å². The maximum absolute atomic E-state index is 13.6. The number of carbonyl (C=O) groups excluding carboxylic acids is 1. The summed E-state index contributed by atoms with van der Waals surface area (Å²) in [7, 11) is -3.88. The second kappa shape index (κ2) is 8.72. The van der Waals surface area contributed by atoms with E-state index in [-0.39, 0.29) is 16.6 Å². The van der Waals surface area contributed by atoms with Gasteiger partial charge in [-0.25, -0.2) is 12.8 Å². The summed E-state index contributed by atoms with van der Waals surface area (Å²) in [5, 5.41) is 0.748. The second-order valence-corrected chi connectivity index (χ2v) is 10.3. The molecule has 1 unspecified atom stereocenters. The van der Waals surface area contributed by atoms with E-state index in [1.807, 2.05) is 12.1 Å². The topological polar surface area (TPSA) is 73.8 Å². The molecule has 2 aliphatic rings. The Bertz CT molecular complexity index is 1270. The van der Waals surface area contributed by atoms with Gasteiger partial charge in [-0.15, -0.1) is 0 Å². The molecule has 2 aromatic carbocycles. The molecule has 5 rings (SSSR count). The van der Waals surface area contributed by atoms with Crippen LogP contribution in [-0.4, -0.2) is 67.3 Å². The van der Waals surface area contributed by atoms with Crippen molar-refractivity contribution in [2.45, 2.75) is 23.8 Å². The number of fused-ring (bicyclic) bond motifs is 1. The number of nitrogens with zero attached hydrogens (tertiary/aromatic N) is 4. The zero-order chi connectivity index (χ0) is 23.0. The van der Waals surface area contributed by atoms with E-state index in [0.29, 0.717) is 51.1 Å². The van der Waals surface area contributed by atoms with Gasteiger partial charge in [-0.3, -0.25) is 9.78 Å². The highest BCUT2D eigenvalue weighted by Gasteiger charge is 2.42. The van der Waals surface area contributed by atoms with E-state index < -0.39 is 16.1 Å². The maximum atomic E-state index is 13.6. The molecule has 1 aromatic heterocycles. The van der Waals surface area contributed by atoms with Crippen molar-refractivity contribution in [3.05, 3.63) is 66.6 Å². The molecule has 1 atom stereocenters. The number of para-hydroxylation sites is 1. The molecule has 1 amide bonds. The number of benzene rings is 2. The largest absolute Gasteiger partial charge is 0.368 e. The highest BCUT2D eigenvalue weighted by Crippen LogP contribution is 2.31. The molecule has 33 heavy (non-hydrogen) atoms. The molecular weight excluding hydrogens is 443 g/mol. The van der Waals surface area contributed by atoms with Crippen LogP contribution >= 0.6 is 0 Å². The van der Waals surface area contributed by atoms with Crippen LogP contribution in [-0.2, 0) is 14.8 Å². The highest BCUT2D eigenvalue weighted by atomic mass is 32.2. The first kappa shape index (κ1) is 21.8. The average Bonchev–Trinajstić information content (AvgIpc) is 3.35. The molecule has 0 spiro atoms. The molecule has 3 aromatic rings. The lowest BCUT2D eigenvalue weighted by Gasteiger charge is -2.38. The van der Waals surface area contributed by atoms with Crippen LogP contribution in [0.1, 0.15) is 12.8 Å². The van der Waals surface area contributed by atoms with E-state index in [4.69, 9.17) is 0 Å². The van der Waals surface area contributed by atoms with Crippen LogP contribution in [0.4, 0.5) is 10.1 Å². The van der Waals surface area contributed by atoms with Gasteiger partial charge in [-0.05, 0) is 49.2 Å². The molecule has 7 nitrogen and oxygen atoms in total. The summed E-state index contributed by atoms with van der Waals surface area (Å²) >= 11 is 0. The lowest BCUT2D eigenvalue weighted by molar-refractivity contribution is -0.134. The van der Waals surface area contributed by atoms with Crippen LogP contribution in [0.5, 0.6) is 0 Å². The summed E-state index contributed by atoms with van der Waals surface area (Å²) in [6, 6.07) is 14.3.